The van der Waals surface area contributed by atoms with E-state index in [0.717, 1.165) is 22.0 Å². The summed E-state index contributed by atoms with van der Waals surface area (Å²) < 4.78 is 88.3. The van der Waals surface area contributed by atoms with Crippen molar-refractivity contribution >= 4 is 37.4 Å². The number of anilines is 1. The van der Waals surface area contributed by atoms with Crippen molar-refractivity contribution < 1.29 is 30.7 Å². The SMILES string of the molecule is COc1cc([C@@H]2C[C@H]2C(F)(F)F)c(F)cc1-n1c(=O)ccc2cc(S(=O)(=O)Nc3nncs3)ccc21. The molecule has 1 saturated carbocycles. The van der Waals surface area contributed by atoms with Crippen LogP contribution in [0.15, 0.2) is 57.7 Å². The number of nitrogens with one attached hydrogen (secondary N) is 1. The molecule has 5 rings (SSSR count). The largest absolute Gasteiger partial charge is 0.495 e. The molecule has 2 aromatic carbocycles. The second-order valence-electron chi connectivity index (χ2n) is 8.11. The summed E-state index contributed by atoms with van der Waals surface area (Å²) in [5.41, 5.74) is 0.863. The number of benzene rings is 2. The van der Waals surface area contributed by atoms with E-state index in [1.807, 2.05) is 0 Å². The quantitative estimate of drug-likeness (QED) is 0.363. The van der Waals surface area contributed by atoms with Gasteiger partial charge in [-0.05, 0) is 48.2 Å². The van der Waals surface area contributed by atoms with E-state index in [2.05, 4.69) is 14.9 Å². The molecule has 2 aromatic heterocycles. The van der Waals surface area contributed by atoms with Crippen LogP contribution in [0.1, 0.15) is 17.9 Å². The van der Waals surface area contributed by atoms with Gasteiger partial charge in [0.2, 0.25) is 5.13 Å². The molecule has 1 fully saturated rings. The zero-order valence-corrected chi connectivity index (χ0v) is 19.9. The highest BCUT2D eigenvalue weighted by molar-refractivity contribution is 7.93. The van der Waals surface area contributed by atoms with E-state index < -0.39 is 39.4 Å². The second-order valence-corrected chi connectivity index (χ2v) is 10.6. The van der Waals surface area contributed by atoms with Crippen LogP contribution in [0, 0.1) is 11.7 Å². The van der Waals surface area contributed by atoms with Crippen molar-refractivity contribution in [2.45, 2.75) is 23.4 Å². The van der Waals surface area contributed by atoms with Crippen molar-refractivity contribution in [2.75, 3.05) is 11.8 Å². The van der Waals surface area contributed by atoms with E-state index >= 15 is 4.39 Å². The van der Waals surface area contributed by atoms with Gasteiger partial charge in [-0.2, -0.15) is 13.2 Å². The minimum atomic E-state index is -4.43. The van der Waals surface area contributed by atoms with E-state index in [0.29, 0.717) is 5.39 Å². The average Bonchev–Trinajstić information content (AvgIpc) is 3.48. The molecule has 14 heteroatoms. The average molecular weight is 541 g/mol. The Bertz CT molecular complexity index is 1640. The Kier molecular flexibility index (Phi) is 5.75. The second kappa shape index (κ2) is 8.55. The zero-order valence-electron chi connectivity index (χ0n) is 18.3. The van der Waals surface area contributed by atoms with E-state index in [1.165, 1.54) is 49.0 Å². The lowest BCUT2D eigenvalue weighted by molar-refractivity contribution is -0.148. The van der Waals surface area contributed by atoms with Crippen LogP contribution in [-0.4, -0.2) is 36.5 Å². The van der Waals surface area contributed by atoms with Crippen LogP contribution < -0.4 is 15.0 Å². The van der Waals surface area contributed by atoms with Gasteiger partial charge in [0.15, 0.2) is 0 Å². The van der Waals surface area contributed by atoms with E-state index in [-0.39, 0.29) is 39.0 Å². The Morgan fingerprint density at radius 3 is 2.58 bits per heavy atom. The van der Waals surface area contributed by atoms with Crippen molar-refractivity contribution in [2.24, 2.45) is 5.92 Å². The Balaban J connectivity index is 1.59. The summed E-state index contributed by atoms with van der Waals surface area (Å²) >= 11 is 0.994. The summed E-state index contributed by atoms with van der Waals surface area (Å²) in [4.78, 5) is 12.7. The van der Waals surface area contributed by atoms with Gasteiger partial charge in [-0.1, -0.05) is 11.3 Å². The minimum Gasteiger partial charge on any atom is -0.495 e. The Morgan fingerprint density at radius 1 is 1.17 bits per heavy atom. The number of aromatic nitrogens is 3. The molecular weight excluding hydrogens is 524 g/mol. The fourth-order valence-corrected chi connectivity index (χ4v) is 5.84. The number of pyridine rings is 1. The van der Waals surface area contributed by atoms with Gasteiger partial charge in [0.1, 0.15) is 17.1 Å². The van der Waals surface area contributed by atoms with Crippen LogP contribution in [0.4, 0.5) is 22.7 Å². The van der Waals surface area contributed by atoms with E-state index in [1.54, 1.807) is 0 Å². The lowest BCUT2D eigenvalue weighted by Crippen LogP contribution is -2.19. The molecule has 4 aromatic rings. The number of halogens is 4. The molecule has 0 bridgehead atoms. The third-order valence-corrected chi connectivity index (χ3v) is 7.98. The number of alkyl halides is 3. The van der Waals surface area contributed by atoms with E-state index in [9.17, 15) is 26.4 Å². The molecule has 0 unspecified atom stereocenters. The minimum absolute atomic E-state index is 0.00320. The first-order chi connectivity index (χ1) is 17.0. The van der Waals surface area contributed by atoms with Gasteiger partial charge in [-0.15, -0.1) is 10.2 Å². The summed E-state index contributed by atoms with van der Waals surface area (Å²) in [6, 6.07) is 8.67. The van der Waals surface area contributed by atoms with Crippen molar-refractivity contribution in [3.63, 3.8) is 0 Å². The van der Waals surface area contributed by atoms with Crippen LogP contribution in [-0.2, 0) is 10.0 Å². The lowest BCUT2D eigenvalue weighted by atomic mass is 10.1. The normalized spacial score (nSPS) is 17.8. The highest BCUT2D eigenvalue weighted by Gasteiger charge is 2.57. The molecule has 8 nitrogen and oxygen atoms in total. The van der Waals surface area contributed by atoms with Crippen molar-refractivity contribution in [3.8, 4) is 11.4 Å². The van der Waals surface area contributed by atoms with Gasteiger partial charge in [-0.25, -0.2) is 12.8 Å². The van der Waals surface area contributed by atoms with Crippen LogP contribution in [0.5, 0.6) is 5.75 Å². The summed E-state index contributed by atoms with van der Waals surface area (Å²) in [5.74, 6) is -3.54. The first-order valence-corrected chi connectivity index (χ1v) is 12.7. The molecular formula is C22H16F4N4O4S2. The maximum absolute atomic E-state index is 15.0. The Morgan fingerprint density at radius 2 is 1.94 bits per heavy atom. The van der Waals surface area contributed by atoms with Gasteiger partial charge < -0.3 is 4.74 Å². The molecule has 1 N–H and O–H groups in total. The molecule has 188 valence electrons. The topological polar surface area (TPSA) is 103 Å². The first-order valence-electron chi connectivity index (χ1n) is 10.4. The number of ether oxygens (including phenoxy) is 1. The molecule has 0 spiro atoms. The van der Waals surface area contributed by atoms with Crippen LogP contribution in [0.3, 0.4) is 0 Å². The zero-order chi connectivity index (χ0) is 25.8. The summed E-state index contributed by atoms with van der Waals surface area (Å²) in [7, 11) is -2.75. The number of nitrogens with zero attached hydrogens (tertiary/aromatic N) is 3. The predicted octanol–water partition coefficient (Wildman–Crippen LogP) is 4.46. The maximum atomic E-state index is 15.0. The van der Waals surface area contributed by atoms with Gasteiger partial charge in [0.05, 0.1) is 29.1 Å². The standard InChI is InChI=1S/C22H16F4N4O4S2/c1-34-19-8-14(13-7-15(13)22(24,25)26)16(23)9-18(19)30-17-4-3-12(6-11(17)2-5-20(30)31)36(32,33)29-21-28-27-10-35-21/h2-6,8-10,13,15H,7H2,1H3,(H,28,29)/t13-,15+/m0/s1. The highest BCUT2D eigenvalue weighted by Crippen LogP contribution is 2.57. The molecule has 1 aliphatic rings. The smallest absolute Gasteiger partial charge is 0.392 e. The Labute approximate surface area is 205 Å². The highest BCUT2D eigenvalue weighted by atomic mass is 32.2. The van der Waals surface area contributed by atoms with Crippen LogP contribution in [0.25, 0.3) is 16.6 Å². The van der Waals surface area contributed by atoms with Crippen LogP contribution in [0.2, 0.25) is 0 Å². The molecule has 0 saturated heterocycles. The van der Waals surface area contributed by atoms with E-state index in [4.69, 9.17) is 4.74 Å². The number of methoxy groups -OCH3 is 1. The molecule has 0 radical (unpaired) electrons. The summed E-state index contributed by atoms with van der Waals surface area (Å²) in [6.45, 7) is 0. The molecule has 2 atom stereocenters. The monoisotopic (exact) mass is 540 g/mol. The fraction of sp³-hybridized carbons (Fsp3) is 0.227. The number of hydrogen-bond acceptors (Lipinski definition) is 7. The van der Waals surface area contributed by atoms with Gasteiger partial charge in [0, 0.05) is 17.5 Å². The van der Waals surface area contributed by atoms with Gasteiger partial charge in [0.25, 0.3) is 15.6 Å². The number of sulfonamides is 1. The Hall–Kier alpha value is -3.52. The van der Waals surface area contributed by atoms with Gasteiger partial charge in [-0.3, -0.25) is 14.1 Å². The summed E-state index contributed by atoms with van der Waals surface area (Å²) in [6.07, 6.45) is -4.65. The van der Waals surface area contributed by atoms with Crippen molar-refractivity contribution in [1.82, 2.24) is 14.8 Å². The number of rotatable bonds is 6. The number of fused-ring (bicyclic) bond motifs is 1. The maximum Gasteiger partial charge on any atom is 0.392 e. The molecule has 1 aliphatic carbocycles. The fourth-order valence-electron chi connectivity index (χ4n) is 4.11. The molecule has 0 amide bonds. The van der Waals surface area contributed by atoms with Crippen molar-refractivity contribution in [1.29, 1.82) is 0 Å². The lowest BCUT2D eigenvalue weighted by Gasteiger charge is -2.16. The third kappa shape index (κ3) is 4.30. The van der Waals surface area contributed by atoms with Crippen LogP contribution >= 0.6 is 11.3 Å². The summed E-state index contributed by atoms with van der Waals surface area (Å²) in [5, 5.41) is 7.62. The predicted molar refractivity (Wildman–Crippen MR) is 124 cm³/mol. The third-order valence-electron chi connectivity index (χ3n) is 5.91. The number of hydrogen-bond donors (Lipinski definition) is 1. The van der Waals surface area contributed by atoms with Gasteiger partial charge >= 0.3 is 6.18 Å². The first kappa shape index (κ1) is 24.2. The molecule has 36 heavy (non-hydrogen) atoms. The molecule has 2 heterocycles. The van der Waals surface area contributed by atoms with Crippen molar-refractivity contribution in [3.05, 3.63) is 69.7 Å². The molecule has 0 aliphatic heterocycles.